The largest absolute Gasteiger partial charge is 0.355 e. The van der Waals surface area contributed by atoms with Crippen molar-refractivity contribution in [3.8, 4) is 5.69 Å². The molecule has 2 atom stereocenters. The first-order valence-electron chi connectivity index (χ1n) is 13.4. The third-order valence-electron chi connectivity index (χ3n) is 7.45. The molecule has 1 aliphatic rings. The van der Waals surface area contributed by atoms with Gasteiger partial charge in [-0.25, -0.2) is 18.3 Å². The van der Waals surface area contributed by atoms with Crippen molar-refractivity contribution < 1.29 is 18.4 Å². The molecule has 12 heteroatoms. The number of benzene rings is 3. The van der Waals surface area contributed by atoms with Gasteiger partial charge in [-0.2, -0.15) is 0 Å². The number of nitrogens with one attached hydrogen (secondary N) is 2. The highest BCUT2D eigenvalue weighted by molar-refractivity contribution is 6.42. The average molecular weight is 626 g/mol. The number of halogens is 4. The van der Waals surface area contributed by atoms with Crippen LogP contribution >= 0.6 is 23.2 Å². The summed E-state index contributed by atoms with van der Waals surface area (Å²) >= 11 is 12.2. The molecule has 0 aliphatic carbocycles. The van der Waals surface area contributed by atoms with Crippen molar-refractivity contribution >= 4 is 41.0 Å². The van der Waals surface area contributed by atoms with Gasteiger partial charge in [-0.1, -0.05) is 29.3 Å². The molecule has 1 aromatic heterocycles. The van der Waals surface area contributed by atoms with E-state index in [0.717, 1.165) is 12.1 Å². The van der Waals surface area contributed by atoms with E-state index in [4.69, 9.17) is 28.2 Å². The lowest BCUT2D eigenvalue weighted by atomic mass is 9.98. The lowest BCUT2D eigenvalue weighted by Crippen LogP contribution is -2.46. The molecule has 0 unspecified atom stereocenters. The van der Waals surface area contributed by atoms with Crippen LogP contribution in [0.3, 0.4) is 0 Å². The SMILES string of the molecule is CNC(=O)c1ccc(-n2c(N[C@H](C)c3ccc(F)c(F)c3)nc3c(c2=O)C[C@@H](C)N(C(=O)c2ccc(Cl)c(Cl)c2)C3)cc1. The Morgan fingerprint density at radius 2 is 1.67 bits per heavy atom. The maximum absolute atomic E-state index is 14.1. The second-order valence-electron chi connectivity index (χ2n) is 10.3. The smallest absolute Gasteiger partial charge is 0.263 e. The fourth-order valence-electron chi connectivity index (χ4n) is 5.03. The first kappa shape index (κ1) is 30.2. The summed E-state index contributed by atoms with van der Waals surface area (Å²) in [5.41, 5.74) is 2.10. The minimum absolute atomic E-state index is 0.0511. The van der Waals surface area contributed by atoms with Crippen LogP contribution < -0.4 is 16.2 Å². The molecule has 0 spiro atoms. The van der Waals surface area contributed by atoms with Gasteiger partial charge < -0.3 is 15.5 Å². The van der Waals surface area contributed by atoms with Crippen molar-refractivity contribution in [2.45, 2.75) is 38.9 Å². The number of carbonyl (C=O) groups excluding carboxylic acids is 2. The zero-order chi connectivity index (χ0) is 31.0. The molecule has 0 fully saturated rings. The van der Waals surface area contributed by atoms with Crippen LogP contribution in [0.2, 0.25) is 10.0 Å². The number of anilines is 1. The molecule has 2 heterocycles. The molecular weight excluding hydrogens is 599 g/mol. The third kappa shape index (κ3) is 5.98. The molecular formula is C31H27Cl2F2N5O3. The molecule has 2 amide bonds. The quantitative estimate of drug-likeness (QED) is 0.277. The Bertz CT molecular complexity index is 1800. The first-order chi connectivity index (χ1) is 20.5. The van der Waals surface area contributed by atoms with E-state index >= 15 is 0 Å². The number of amides is 2. The summed E-state index contributed by atoms with van der Waals surface area (Å²) in [6, 6.07) is 13.7. The van der Waals surface area contributed by atoms with Crippen LogP contribution in [0.25, 0.3) is 5.69 Å². The van der Waals surface area contributed by atoms with Crippen molar-refractivity contribution in [2.24, 2.45) is 0 Å². The van der Waals surface area contributed by atoms with Crippen LogP contribution in [-0.2, 0) is 13.0 Å². The zero-order valence-electron chi connectivity index (χ0n) is 23.4. The Morgan fingerprint density at radius 1 is 0.977 bits per heavy atom. The summed E-state index contributed by atoms with van der Waals surface area (Å²) in [7, 11) is 1.52. The molecule has 222 valence electrons. The van der Waals surface area contributed by atoms with Crippen molar-refractivity contribution in [2.75, 3.05) is 12.4 Å². The van der Waals surface area contributed by atoms with Gasteiger partial charge in [0, 0.05) is 29.8 Å². The van der Waals surface area contributed by atoms with Crippen LogP contribution in [0.1, 0.15) is 57.4 Å². The second-order valence-corrected chi connectivity index (χ2v) is 11.1. The molecule has 0 saturated carbocycles. The highest BCUT2D eigenvalue weighted by Gasteiger charge is 2.32. The van der Waals surface area contributed by atoms with E-state index in [1.165, 1.54) is 23.7 Å². The van der Waals surface area contributed by atoms with E-state index in [1.807, 2.05) is 6.92 Å². The standard InChI is InChI=1S/C31H27Cl2F2N5O3/c1-16-12-22-27(15-39(16)29(42)20-6-10-23(32)24(33)13-20)38-31(37-17(2)19-7-11-25(34)26(35)14-19)40(30(22)43)21-8-4-18(5-9-21)28(41)36-3/h4-11,13-14,16-17H,12,15H2,1-3H3,(H,36,41)(H,37,38)/t16-,17-/m1/s1. The van der Waals surface area contributed by atoms with Gasteiger partial charge >= 0.3 is 0 Å². The fraction of sp³-hybridized carbons (Fsp3) is 0.226. The van der Waals surface area contributed by atoms with Gasteiger partial charge in [0.25, 0.3) is 17.4 Å². The van der Waals surface area contributed by atoms with Crippen molar-refractivity contribution in [3.63, 3.8) is 0 Å². The van der Waals surface area contributed by atoms with E-state index in [9.17, 15) is 23.2 Å². The number of aromatic nitrogens is 2. The normalized spacial score (nSPS) is 15.0. The molecule has 0 radical (unpaired) electrons. The average Bonchev–Trinajstić information content (AvgIpc) is 2.99. The lowest BCUT2D eigenvalue weighted by Gasteiger charge is -2.35. The van der Waals surface area contributed by atoms with Crippen LogP contribution in [-0.4, -0.2) is 39.4 Å². The molecule has 0 saturated heterocycles. The number of rotatable bonds is 6. The number of nitrogens with zero attached hydrogens (tertiary/aromatic N) is 3. The number of hydrogen-bond donors (Lipinski definition) is 2. The van der Waals surface area contributed by atoms with E-state index in [2.05, 4.69) is 10.6 Å². The Kier molecular flexibility index (Phi) is 8.52. The van der Waals surface area contributed by atoms with E-state index in [-0.39, 0.29) is 47.4 Å². The van der Waals surface area contributed by atoms with E-state index in [1.54, 1.807) is 48.2 Å². The van der Waals surface area contributed by atoms with Crippen LogP contribution in [0.4, 0.5) is 14.7 Å². The summed E-state index contributed by atoms with van der Waals surface area (Å²) in [5, 5.41) is 6.29. The van der Waals surface area contributed by atoms with Gasteiger partial charge in [0.05, 0.1) is 34.0 Å². The Labute approximate surface area is 256 Å². The molecule has 8 nitrogen and oxygen atoms in total. The maximum atomic E-state index is 14.1. The Hall–Kier alpha value is -4.28. The van der Waals surface area contributed by atoms with Crippen LogP contribution in [0, 0.1) is 11.6 Å². The van der Waals surface area contributed by atoms with Gasteiger partial charge in [-0.05, 0) is 80.4 Å². The summed E-state index contributed by atoms with van der Waals surface area (Å²) in [6.07, 6.45) is 0.240. The predicted octanol–water partition coefficient (Wildman–Crippen LogP) is 5.94. The third-order valence-corrected chi connectivity index (χ3v) is 8.18. The predicted molar refractivity (Wildman–Crippen MR) is 161 cm³/mol. The van der Waals surface area contributed by atoms with E-state index < -0.39 is 17.7 Å². The molecule has 0 bridgehead atoms. The topological polar surface area (TPSA) is 96.3 Å². The highest BCUT2D eigenvalue weighted by atomic mass is 35.5. The summed E-state index contributed by atoms with van der Waals surface area (Å²) in [4.78, 5) is 46.0. The second kappa shape index (κ2) is 12.1. The van der Waals surface area contributed by atoms with Gasteiger partial charge in [0.15, 0.2) is 11.6 Å². The lowest BCUT2D eigenvalue weighted by molar-refractivity contribution is 0.0653. The van der Waals surface area contributed by atoms with Crippen molar-refractivity contribution in [1.82, 2.24) is 19.8 Å². The van der Waals surface area contributed by atoms with Crippen molar-refractivity contribution in [1.29, 1.82) is 0 Å². The fourth-order valence-corrected chi connectivity index (χ4v) is 5.32. The Balaban J connectivity index is 1.58. The van der Waals surface area contributed by atoms with Gasteiger partial charge in [-0.15, -0.1) is 0 Å². The summed E-state index contributed by atoms with van der Waals surface area (Å²) in [6.45, 7) is 3.62. The van der Waals surface area contributed by atoms with Crippen molar-refractivity contribution in [3.05, 3.63) is 121 Å². The zero-order valence-corrected chi connectivity index (χ0v) is 24.9. The van der Waals surface area contributed by atoms with Gasteiger partial charge in [-0.3, -0.25) is 14.4 Å². The Morgan fingerprint density at radius 3 is 2.33 bits per heavy atom. The van der Waals surface area contributed by atoms with Crippen LogP contribution in [0.15, 0.2) is 65.5 Å². The molecule has 43 heavy (non-hydrogen) atoms. The van der Waals surface area contributed by atoms with E-state index in [0.29, 0.717) is 38.7 Å². The summed E-state index contributed by atoms with van der Waals surface area (Å²) in [5.74, 6) is -2.43. The highest BCUT2D eigenvalue weighted by Crippen LogP contribution is 2.29. The molecule has 2 N–H and O–H groups in total. The molecule has 5 rings (SSSR count). The van der Waals surface area contributed by atoms with Gasteiger partial charge in [0.1, 0.15) is 0 Å². The number of fused-ring (bicyclic) bond motifs is 1. The summed E-state index contributed by atoms with van der Waals surface area (Å²) < 4.78 is 29.0. The number of carbonyl (C=O) groups is 2. The molecule has 4 aromatic rings. The molecule has 1 aliphatic heterocycles. The molecule has 3 aromatic carbocycles. The number of hydrogen-bond acceptors (Lipinski definition) is 5. The maximum Gasteiger partial charge on any atom is 0.263 e. The monoisotopic (exact) mass is 625 g/mol. The first-order valence-corrected chi connectivity index (χ1v) is 14.2. The van der Waals surface area contributed by atoms with Crippen LogP contribution in [0.5, 0.6) is 0 Å². The van der Waals surface area contributed by atoms with Gasteiger partial charge in [0.2, 0.25) is 5.95 Å². The minimum Gasteiger partial charge on any atom is -0.355 e. The minimum atomic E-state index is -1.00.